The van der Waals surface area contributed by atoms with Crippen LogP contribution in [0.25, 0.3) is 10.9 Å². The predicted molar refractivity (Wildman–Crippen MR) is 81.0 cm³/mol. The number of methoxy groups -OCH3 is 1. The quantitative estimate of drug-likeness (QED) is 0.625. The van der Waals surface area contributed by atoms with E-state index in [1.165, 1.54) is 19.4 Å². The Morgan fingerprint density at radius 3 is 2.73 bits per heavy atom. The molecule has 0 aliphatic rings. The molecule has 1 aromatic heterocycles. The van der Waals surface area contributed by atoms with Crippen LogP contribution >= 0.6 is 11.6 Å². The molecule has 0 N–H and O–H groups in total. The SMILES string of the molecule is CCn1cc(C(=O)OCCOC)c(=O)c2cc(F)c(Cl)cc21. The van der Waals surface area contributed by atoms with Crippen molar-refractivity contribution in [3.63, 3.8) is 0 Å². The van der Waals surface area contributed by atoms with Gasteiger partial charge in [-0.15, -0.1) is 0 Å². The molecule has 1 aromatic carbocycles. The number of fused-ring (bicyclic) bond motifs is 1. The second-order valence-corrected chi connectivity index (χ2v) is 4.98. The van der Waals surface area contributed by atoms with Crippen molar-refractivity contribution < 1.29 is 18.7 Å². The molecule has 118 valence electrons. The van der Waals surface area contributed by atoms with Gasteiger partial charge in [-0.05, 0) is 19.1 Å². The third-order valence-corrected chi connectivity index (χ3v) is 3.49. The fourth-order valence-electron chi connectivity index (χ4n) is 2.09. The van der Waals surface area contributed by atoms with Gasteiger partial charge >= 0.3 is 5.97 Å². The minimum absolute atomic E-state index is 0.0356. The number of pyridine rings is 1. The molecule has 0 aliphatic heterocycles. The number of esters is 1. The minimum Gasteiger partial charge on any atom is -0.460 e. The van der Waals surface area contributed by atoms with Gasteiger partial charge in [0, 0.05) is 25.2 Å². The topological polar surface area (TPSA) is 57.5 Å². The highest BCUT2D eigenvalue weighted by Crippen LogP contribution is 2.21. The summed E-state index contributed by atoms with van der Waals surface area (Å²) in [6.45, 7) is 2.58. The number of ether oxygens (including phenoxy) is 2. The van der Waals surface area contributed by atoms with E-state index in [4.69, 9.17) is 21.1 Å². The number of benzene rings is 1. The number of aromatic nitrogens is 1. The Labute approximate surface area is 131 Å². The molecule has 0 saturated carbocycles. The molecule has 22 heavy (non-hydrogen) atoms. The van der Waals surface area contributed by atoms with Crippen LogP contribution in [0.15, 0.2) is 23.1 Å². The highest BCUT2D eigenvalue weighted by atomic mass is 35.5. The Kier molecular flexibility index (Phi) is 5.15. The first-order valence-corrected chi connectivity index (χ1v) is 7.05. The van der Waals surface area contributed by atoms with Gasteiger partial charge in [0.15, 0.2) is 0 Å². The first-order valence-electron chi connectivity index (χ1n) is 6.67. The number of hydrogen-bond acceptors (Lipinski definition) is 4. The lowest BCUT2D eigenvalue weighted by Crippen LogP contribution is -2.22. The van der Waals surface area contributed by atoms with E-state index < -0.39 is 17.2 Å². The summed E-state index contributed by atoms with van der Waals surface area (Å²) in [7, 11) is 1.47. The zero-order valence-electron chi connectivity index (χ0n) is 12.2. The molecule has 2 aromatic rings. The fraction of sp³-hybridized carbons (Fsp3) is 0.333. The monoisotopic (exact) mass is 327 g/mol. The van der Waals surface area contributed by atoms with Gasteiger partial charge in [-0.2, -0.15) is 0 Å². The van der Waals surface area contributed by atoms with Crippen molar-refractivity contribution in [2.24, 2.45) is 0 Å². The second-order valence-electron chi connectivity index (χ2n) is 4.57. The summed E-state index contributed by atoms with van der Waals surface area (Å²) < 4.78 is 25.0. The van der Waals surface area contributed by atoms with Crippen LogP contribution in [0.1, 0.15) is 17.3 Å². The lowest BCUT2D eigenvalue weighted by atomic mass is 10.1. The first-order chi connectivity index (χ1) is 10.5. The van der Waals surface area contributed by atoms with Crippen LogP contribution in [0.4, 0.5) is 4.39 Å². The number of nitrogens with zero attached hydrogens (tertiary/aromatic N) is 1. The molecule has 2 rings (SSSR count). The van der Waals surface area contributed by atoms with E-state index in [0.717, 1.165) is 6.07 Å². The molecule has 0 fully saturated rings. The van der Waals surface area contributed by atoms with Gasteiger partial charge in [-0.1, -0.05) is 11.6 Å². The lowest BCUT2D eigenvalue weighted by molar-refractivity contribution is 0.0386. The van der Waals surface area contributed by atoms with Gasteiger partial charge in [0.05, 0.1) is 17.1 Å². The standard InChI is InChI=1S/C15H15ClFNO4/c1-3-18-8-10(15(20)22-5-4-21-2)14(19)9-6-12(17)11(16)7-13(9)18/h6-8H,3-5H2,1-2H3. The van der Waals surface area contributed by atoms with Crippen molar-refractivity contribution in [3.05, 3.63) is 45.0 Å². The number of halogens is 2. The molecular weight excluding hydrogens is 313 g/mol. The van der Waals surface area contributed by atoms with Crippen molar-refractivity contribution >= 4 is 28.5 Å². The van der Waals surface area contributed by atoms with Crippen LogP contribution in [0, 0.1) is 5.82 Å². The summed E-state index contributed by atoms with van der Waals surface area (Å²) >= 11 is 5.76. The number of hydrogen-bond donors (Lipinski definition) is 0. The van der Waals surface area contributed by atoms with Gasteiger partial charge in [0.2, 0.25) is 5.43 Å². The third-order valence-electron chi connectivity index (χ3n) is 3.20. The summed E-state index contributed by atoms with van der Waals surface area (Å²) in [5, 5.41) is 0.00876. The fourth-order valence-corrected chi connectivity index (χ4v) is 2.25. The molecule has 7 heteroatoms. The summed E-state index contributed by atoms with van der Waals surface area (Å²) in [5.74, 6) is -1.47. The summed E-state index contributed by atoms with van der Waals surface area (Å²) in [5.41, 5.74) is -0.266. The molecule has 0 bridgehead atoms. The Morgan fingerprint density at radius 2 is 2.09 bits per heavy atom. The van der Waals surface area contributed by atoms with E-state index in [1.807, 2.05) is 6.92 Å². The molecule has 0 spiro atoms. The van der Waals surface area contributed by atoms with E-state index >= 15 is 0 Å². The average Bonchev–Trinajstić information content (AvgIpc) is 2.50. The Morgan fingerprint density at radius 1 is 1.36 bits per heavy atom. The van der Waals surface area contributed by atoms with Gasteiger partial charge in [0.1, 0.15) is 18.0 Å². The second kappa shape index (κ2) is 6.89. The Hall–Kier alpha value is -1.92. The number of carbonyl (C=O) groups excluding carboxylic acids is 1. The van der Waals surface area contributed by atoms with E-state index in [2.05, 4.69) is 0 Å². The van der Waals surface area contributed by atoms with Crippen LogP contribution in [0.5, 0.6) is 0 Å². The van der Waals surface area contributed by atoms with E-state index in [-0.39, 0.29) is 29.2 Å². The van der Waals surface area contributed by atoms with E-state index in [1.54, 1.807) is 4.57 Å². The largest absolute Gasteiger partial charge is 0.460 e. The number of carbonyl (C=O) groups is 1. The van der Waals surface area contributed by atoms with Crippen molar-refractivity contribution in [3.8, 4) is 0 Å². The maximum Gasteiger partial charge on any atom is 0.343 e. The van der Waals surface area contributed by atoms with Crippen LogP contribution in [-0.4, -0.2) is 30.9 Å². The van der Waals surface area contributed by atoms with Crippen LogP contribution in [-0.2, 0) is 16.0 Å². The minimum atomic E-state index is -0.762. The molecular formula is C15H15ClFNO4. The van der Waals surface area contributed by atoms with Gasteiger partial charge < -0.3 is 14.0 Å². The van der Waals surface area contributed by atoms with Crippen LogP contribution in [0.2, 0.25) is 5.02 Å². The molecule has 0 unspecified atom stereocenters. The van der Waals surface area contributed by atoms with Gasteiger partial charge in [-0.25, -0.2) is 9.18 Å². The highest BCUT2D eigenvalue weighted by molar-refractivity contribution is 6.31. The maximum atomic E-state index is 13.6. The molecule has 0 saturated heterocycles. The summed E-state index contributed by atoms with van der Waals surface area (Å²) in [4.78, 5) is 24.4. The third kappa shape index (κ3) is 3.13. The average molecular weight is 328 g/mol. The Bertz CT molecular complexity index is 772. The smallest absolute Gasteiger partial charge is 0.343 e. The molecule has 0 radical (unpaired) electrons. The van der Waals surface area contributed by atoms with Crippen molar-refractivity contribution in [1.82, 2.24) is 4.57 Å². The molecule has 0 aliphatic carbocycles. The zero-order chi connectivity index (χ0) is 16.3. The highest BCUT2D eigenvalue weighted by Gasteiger charge is 2.18. The maximum absolute atomic E-state index is 13.6. The van der Waals surface area contributed by atoms with Crippen molar-refractivity contribution in [2.45, 2.75) is 13.5 Å². The predicted octanol–water partition coefficient (Wildman–Crippen LogP) is 2.62. The van der Waals surface area contributed by atoms with E-state index in [9.17, 15) is 14.0 Å². The zero-order valence-corrected chi connectivity index (χ0v) is 12.9. The molecule has 1 heterocycles. The van der Waals surface area contributed by atoms with Crippen LogP contribution in [0.3, 0.4) is 0 Å². The van der Waals surface area contributed by atoms with Crippen LogP contribution < -0.4 is 5.43 Å². The van der Waals surface area contributed by atoms with Crippen molar-refractivity contribution in [2.75, 3.05) is 20.3 Å². The molecule has 0 amide bonds. The summed E-state index contributed by atoms with van der Waals surface area (Å²) in [6, 6.07) is 2.41. The van der Waals surface area contributed by atoms with Gasteiger partial charge in [-0.3, -0.25) is 4.79 Å². The van der Waals surface area contributed by atoms with E-state index in [0.29, 0.717) is 12.1 Å². The summed E-state index contributed by atoms with van der Waals surface area (Å²) in [6.07, 6.45) is 1.40. The number of aryl methyl sites for hydroxylation is 1. The lowest BCUT2D eigenvalue weighted by Gasteiger charge is -2.12. The normalized spacial score (nSPS) is 10.9. The molecule has 0 atom stereocenters. The first kappa shape index (κ1) is 16.5. The Balaban J connectivity index is 2.57. The number of rotatable bonds is 5. The molecule has 5 nitrogen and oxygen atoms in total. The van der Waals surface area contributed by atoms with Crippen molar-refractivity contribution in [1.29, 1.82) is 0 Å². The van der Waals surface area contributed by atoms with Gasteiger partial charge in [0.25, 0.3) is 0 Å².